The molecule has 1 aliphatic heterocycles. The van der Waals surface area contributed by atoms with Crippen molar-refractivity contribution in [1.29, 1.82) is 0 Å². The number of nitrogens with zero attached hydrogens (tertiary/aromatic N) is 3. The summed E-state index contributed by atoms with van der Waals surface area (Å²) in [6.07, 6.45) is 4.98. The molecule has 1 amide bonds. The number of fused-ring (bicyclic) bond motifs is 1. The Bertz CT molecular complexity index is 1350. The summed E-state index contributed by atoms with van der Waals surface area (Å²) in [6, 6.07) is 11.1. The van der Waals surface area contributed by atoms with Crippen LogP contribution in [0.3, 0.4) is 0 Å². The molecule has 168 valence electrons. The predicted molar refractivity (Wildman–Crippen MR) is 137 cm³/mol. The van der Waals surface area contributed by atoms with Crippen LogP contribution in [0.4, 0.5) is 5.82 Å². The third-order valence-corrected chi connectivity index (χ3v) is 6.45. The lowest BCUT2D eigenvalue weighted by Gasteiger charge is -2.14. The van der Waals surface area contributed by atoms with E-state index in [1.807, 2.05) is 37.3 Å². The van der Waals surface area contributed by atoms with Crippen molar-refractivity contribution in [2.75, 3.05) is 19.0 Å². The number of hydrogen-bond donors (Lipinski definition) is 1. The lowest BCUT2D eigenvalue weighted by molar-refractivity contribution is -0.122. The summed E-state index contributed by atoms with van der Waals surface area (Å²) < 4.78 is 7.11. The minimum atomic E-state index is -0.268. The molecular weight excluding hydrogens is 456 g/mol. The highest BCUT2D eigenvalue weighted by Gasteiger charge is 2.32. The molecule has 0 saturated carbocycles. The zero-order valence-electron chi connectivity index (χ0n) is 18.2. The molecular formula is C24H22N4O3S2. The van der Waals surface area contributed by atoms with E-state index in [0.29, 0.717) is 39.3 Å². The number of benzene rings is 1. The maximum absolute atomic E-state index is 13.3. The largest absolute Gasteiger partial charge is 0.497 e. The van der Waals surface area contributed by atoms with Gasteiger partial charge in [0.25, 0.3) is 11.5 Å². The normalized spacial score (nSPS) is 14.8. The van der Waals surface area contributed by atoms with Crippen LogP contribution in [-0.2, 0) is 11.3 Å². The van der Waals surface area contributed by atoms with E-state index >= 15 is 0 Å². The van der Waals surface area contributed by atoms with Crippen molar-refractivity contribution >= 4 is 51.7 Å². The molecule has 7 nitrogen and oxygen atoms in total. The number of thiocarbonyl (C=S) groups is 1. The molecule has 0 atom stereocenters. The summed E-state index contributed by atoms with van der Waals surface area (Å²) >= 11 is 6.64. The van der Waals surface area contributed by atoms with Crippen LogP contribution in [0.25, 0.3) is 11.7 Å². The topological polar surface area (TPSA) is 75.9 Å². The summed E-state index contributed by atoms with van der Waals surface area (Å²) in [5.41, 5.74) is 2.39. The maximum Gasteiger partial charge on any atom is 0.267 e. The minimum Gasteiger partial charge on any atom is -0.497 e. The maximum atomic E-state index is 13.3. The molecule has 33 heavy (non-hydrogen) atoms. The van der Waals surface area contributed by atoms with Gasteiger partial charge in [0.2, 0.25) is 0 Å². The molecule has 0 radical (unpaired) electrons. The van der Waals surface area contributed by atoms with Crippen LogP contribution in [0.2, 0.25) is 0 Å². The van der Waals surface area contributed by atoms with E-state index in [1.165, 1.54) is 21.1 Å². The number of nitrogens with one attached hydrogen (secondary N) is 1. The molecule has 1 saturated heterocycles. The van der Waals surface area contributed by atoms with Crippen molar-refractivity contribution in [3.05, 3.63) is 87.2 Å². The second-order valence-electron chi connectivity index (χ2n) is 7.40. The van der Waals surface area contributed by atoms with Crippen LogP contribution in [-0.4, -0.2) is 38.2 Å². The van der Waals surface area contributed by atoms with E-state index in [9.17, 15) is 9.59 Å². The summed E-state index contributed by atoms with van der Waals surface area (Å²) in [7, 11) is 1.60. The Morgan fingerprint density at radius 1 is 1.21 bits per heavy atom. The van der Waals surface area contributed by atoms with Crippen LogP contribution in [0.5, 0.6) is 5.75 Å². The van der Waals surface area contributed by atoms with Gasteiger partial charge in [0.15, 0.2) is 0 Å². The highest BCUT2D eigenvalue weighted by molar-refractivity contribution is 8.26. The van der Waals surface area contributed by atoms with E-state index in [4.69, 9.17) is 17.0 Å². The average Bonchev–Trinajstić information content (AvgIpc) is 3.08. The SMILES string of the molecule is C=CCNc1nc2ccc(C)cn2c(=O)c1C=C1SC(=S)N(Cc2ccc(OC)cc2)C1=O. The molecule has 1 fully saturated rings. The number of anilines is 1. The van der Waals surface area contributed by atoms with Gasteiger partial charge in [0, 0.05) is 12.7 Å². The zero-order valence-corrected chi connectivity index (χ0v) is 19.8. The minimum absolute atomic E-state index is 0.246. The van der Waals surface area contributed by atoms with Crippen molar-refractivity contribution in [3.8, 4) is 5.75 Å². The van der Waals surface area contributed by atoms with Gasteiger partial charge in [-0.25, -0.2) is 4.98 Å². The quantitative estimate of drug-likeness (QED) is 0.312. The highest BCUT2D eigenvalue weighted by atomic mass is 32.2. The van der Waals surface area contributed by atoms with E-state index in [0.717, 1.165) is 16.9 Å². The first-order chi connectivity index (χ1) is 15.9. The second kappa shape index (κ2) is 9.60. The Morgan fingerprint density at radius 2 is 1.97 bits per heavy atom. The Hall–Kier alpha value is -3.43. The molecule has 1 N–H and O–H groups in total. The van der Waals surface area contributed by atoms with Gasteiger partial charge >= 0.3 is 0 Å². The lowest BCUT2D eigenvalue weighted by Crippen LogP contribution is -2.27. The molecule has 3 heterocycles. The van der Waals surface area contributed by atoms with Crippen LogP contribution in [0.1, 0.15) is 16.7 Å². The van der Waals surface area contributed by atoms with Crippen LogP contribution in [0.15, 0.2) is 64.9 Å². The number of aryl methyl sites for hydroxylation is 1. The first kappa shape index (κ1) is 22.8. The Labute approximate surface area is 200 Å². The van der Waals surface area contributed by atoms with Gasteiger partial charge in [-0.1, -0.05) is 48.3 Å². The fraction of sp³-hybridized carbons (Fsp3) is 0.167. The number of carbonyl (C=O) groups excluding carboxylic acids is 1. The summed E-state index contributed by atoms with van der Waals surface area (Å²) in [4.78, 5) is 33.0. The zero-order chi connectivity index (χ0) is 23.5. The van der Waals surface area contributed by atoms with Crippen molar-refractivity contribution in [1.82, 2.24) is 14.3 Å². The monoisotopic (exact) mass is 478 g/mol. The molecule has 2 aromatic heterocycles. The third-order valence-electron chi connectivity index (χ3n) is 5.07. The van der Waals surface area contributed by atoms with Gasteiger partial charge in [-0.2, -0.15) is 0 Å². The Balaban J connectivity index is 1.71. The van der Waals surface area contributed by atoms with Gasteiger partial charge in [0.1, 0.15) is 21.5 Å². The van der Waals surface area contributed by atoms with Gasteiger partial charge in [-0.05, 0) is 42.3 Å². The van der Waals surface area contributed by atoms with E-state index in [-0.39, 0.29) is 11.5 Å². The van der Waals surface area contributed by atoms with E-state index < -0.39 is 0 Å². The molecule has 0 unspecified atom stereocenters. The number of thioether (sulfide) groups is 1. The Morgan fingerprint density at radius 3 is 2.67 bits per heavy atom. The summed E-state index contributed by atoms with van der Waals surface area (Å²) in [5.74, 6) is 0.886. The fourth-order valence-electron chi connectivity index (χ4n) is 3.37. The van der Waals surface area contributed by atoms with Gasteiger partial charge in [-0.3, -0.25) is 18.9 Å². The van der Waals surface area contributed by atoms with Crippen LogP contribution >= 0.6 is 24.0 Å². The number of rotatable bonds is 7. The number of carbonyl (C=O) groups is 1. The average molecular weight is 479 g/mol. The van der Waals surface area contributed by atoms with E-state index in [2.05, 4.69) is 16.9 Å². The molecule has 3 aromatic rings. The second-order valence-corrected chi connectivity index (χ2v) is 9.08. The number of amides is 1. The molecule has 1 aromatic carbocycles. The summed E-state index contributed by atoms with van der Waals surface area (Å²) in [5, 5.41) is 3.11. The smallest absolute Gasteiger partial charge is 0.267 e. The molecule has 0 spiro atoms. The first-order valence-corrected chi connectivity index (χ1v) is 11.4. The number of ether oxygens (including phenoxy) is 1. The highest BCUT2D eigenvalue weighted by Crippen LogP contribution is 2.34. The van der Waals surface area contributed by atoms with Crippen LogP contribution in [0, 0.1) is 6.92 Å². The van der Waals surface area contributed by atoms with Crippen molar-refractivity contribution in [2.24, 2.45) is 0 Å². The molecule has 0 aliphatic carbocycles. The summed E-state index contributed by atoms with van der Waals surface area (Å²) in [6.45, 7) is 6.37. The van der Waals surface area contributed by atoms with Crippen molar-refractivity contribution in [3.63, 3.8) is 0 Å². The fourth-order valence-corrected chi connectivity index (χ4v) is 4.61. The van der Waals surface area contributed by atoms with Crippen molar-refractivity contribution in [2.45, 2.75) is 13.5 Å². The van der Waals surface area contributed by atoms with Gasteiger partial charge < -0.3 is 10.1 Å². The number of methoxy groups -OCH3 is 1. The molecule has 4 rings (SSSR count). The van der Waals surface area contributed by atoms with E-state index in [1.54, 1.807) is 31.5 Å². The molecule has 0 bridgehead atoms. The predicted octanol–water partition coefficient (Wildman–Crippen LogP) is 4.01. The number of pyridine rings is 1. The van der Waals surface area contributed by atoms with Crippen LogP contribution < -0.4 is 15.6 Å². The molecule has 9 heteroatoms. The first-order valence-electron chi connectivity index (χ1n) is 10.2. The molecule has 1 aliphatic rings. The van der Waals surface area contributed by atoms with Gasteiger partial charge in [-0.15, -0.1) is 6.58 Å². The number of hydrogen-bond acceptors (Lipinski definition) is 7. The van der Waals surface area contributed by atoms with Gasteiger partial charge in [0.05, 0.1) is 24.1 Å². The van der Waals surface area contributed by atoms with Crippen molar-refractivity contribution < 1.29 is 9.53 Å². The third kappa shape index (κ3) is 4.69. The Kier molecular flexibility index (Phi) is 6.62. The number of aromatic nitrogens is 2. The lowest BCUT2D eigenvalue weighted by atomic mass is 10.2. The standard InChI is InChI=1S/C24H22N4O3S2/c1-4-11-25-21-18(22(29)27-13-15(2)5-10-20(27)26-21)12-19-23(30)28(24(32)33-19)14-16-6-8-17(31-3)9-7-16/h4-10,12-13,25H,1,11,14H2,2-3H3.